The van der Waals surface area contributed by atoms with Crippen molar-refractivity contribution < 1.29 is 9.59 Å². The molecule has 6 nitrogen and oxygen atoms in total. The Bertz CT molecular complexity index is 827. The van der Waals surface area contributed by atoms with Gasteiger partial charge in [0.15, 0.2) is 5.13 Å². The van der Waals surface area contributed by atoms with Crippen LogP contribution in [0.2, 0.25) is 0 Å². The van der Waals surface area contributed by atoms with E-state index in [9.17, 15) is 9.59 Å². The summed E-state index contributed by atoms with van der Waals surface area (Å²) in [6.07, 6.45) is 1.31. The Hall–Kier alpha value is -2.41. The zero-order valence-electron chi connectivity index (χ0n) is 16.3. The number of carbonyl (C=O) groups excluding carboxylic acids is 2. The zero-order valence-corrected chi connectivity index (χ0v) is 17.1. The van der Waals surface area contributed by atoms with Crippen LogP contribution in [0.15, 0.2) is 24.3 Å². The first-order chi connectivity index (χ1) is 12.8. The number of thiazole rings is 1. The first-order valence-electron chi connectivity index (χ1n) is 9.18. The summed E-state index contributed by atoms with van der Waals surface area (Å²) in [5.41, 5.74) is 2.64. The average Bonchev–Trinajstić information content (AvgIpc) is 3.02. The van der Waals surface area contributed by atoms with Gasteiger partial charge in [-0.3, -0.25) is 14.9 Å². The lowest BCUT2D eigenvalue weighted by Crippen LogP contribution is -2.36. The summed E-state index contributed by atoms with van der Waals surface area (Å²) in [7, 11) is 3.93. The SMILES string of the molecule is CC(C)CC(=O)N1CCc2nc(NC(=O)c3ccc(N(C)C)cc3)sc2C1. The molecule has 0 saturated carbocycles. The number of anilines is 2. The summed E-state index contributed by atoms with van der Waals surface area (Å²) in [6.45, 7) is 5.39. The van der Waals surface area contributed by atoms with Crippen molar-refractivity contribution in [3.63, 3.8) is 0 Å². The monoisotopic (exact) mass is 386 g/mol. The molecular formula is C20H26N4O2S. The van der Waals surface area contributed by atoms with E-state index in [0.29, 0.717) is 36.1 Å². The molecule has 7 heteroatoms. The molecule has 0 unspecified atom stereocenters. The number of benzene rings is 1. The van der Waals surface area contributed by atoms with Crippen LogP contribution in [-0.4, -0.2) is 42.3 Å². The maximum absolute atomic E-state index is 12.5. The summed E-state index contributed by atoms with van der Waals surface area (Å²) in [6, 6.07) is 7.45. The molecule has 0 saturated heterocycles. The molecule has 0 spiro atoms. The zero-order chi connectivity index (χ0) is 19.6. The number of fused-ring (bicyclic) bond motifs is 1. The second-order valence-electron chi connectivity index (χ2n) is 7.45. The van der Waals surface area contributed by atoms with Gasteiger partial charge in [-0.15, -0.1) is 0 Å². The van der Waals surface area contributed by atoms with Gasteiger partial charge in [0.25, 0.3) is 5.91 Å². The molecule has 0 aliphatic carbocycles. The fourth-order valence-electron chi connectivity index (χ4n) is 3.02. The van der Waals surface area contributed by atoms with E-state index in [1.165, 1.54) is 11.3 Å². The Kier molecular flexibility index (Phi) is 5.79. The molecule has 0 bridgehead atoms. The molecule has 2 aromatic rings. The predicted molar refractivity (Wildman–Crippen MR) is 109 cm³/mol. The van der Waals surface area contributed by atoms with Gasteiger partial charge in [0.05, 0.1) is 12.2 Å². The number of rotatable bonds is 5. The van der Waals surface area contributed by atoms with Gasteiger partial charge in [0.2, 0.25) is 5.91 Å². The van der Waals surface area contributed by atoms with Crippen LogP contribution in [0.25, 0.3) is 0 Å². The molecule has 0 atom stereocenters. The second-order valence-corrected chi connectivity index (χ2v) is 8.53. The first-order valence-corrected chi connectivity index (χ1v) is 10.00. The van der Waals surface area contributed by atoms with E-state index in [0.717, 1.165) is 22.7 Å². The van der Waals surface area contributed by atoms with Gasteiger partial charge >= 0.3 is 0 Å². The van der Waals surface area contributed by atoms with Gasteiger partial charge in [-0.05, 0) is 30.2 Å². The highest BCUT2D eigenvalue weighted by Crippen LogP contribution is 2.29. The summed E-state index contributed by atoms with van der Waals surface area (Å²) in [5, 5.41) is 3.49. The van der Waals surface area contributed by atoms with Gasteiger partial charge in [-0.2, -0.15) is 0 Å². The summed E-state index contributed by atoms with van der Waals surface area (Å²) < 4.78 is 0. The molecule has 2 amide bonds. The topological polar surface area (TPSA) is 65.5 Å². The highest BCUT2D eigenvalue weighted by molar-refractivity contribution is 7.15. The number of aromatic nitrogens is 1. The summed E-state index contributed by atoms with van der Waals surface area (Å²) >= 11 is 1.46. The lowest BCUT2D eigenvalue weighted by Gasteiger charge is -2.26. The Morgan fingerprint density at radius 1 is 1.26 bits per heavy atom. The second kappa shape index (κ2) is 8.08. The van der Waals surface area contributed by atoms with Crippen LogP contribution in [0.1, 0.15) is 41.2 Å². The van der Waals surface area contributed by atoms with Crippen LogP contribution in [-0.2, 0) is 17.8 Å². The smallest absolute Gasteiger partial charge is 0.257 e. The highest BCUT2D eigenvalue weighted by atomic mass is 32.1. The number of hydrogen-bond acceptors (Lipinski definition) is 5. The molecular weight excluding hydrogens is 360 g/mol. The summed E-state index contributed by atoms with van der Waals surface area (Å²) in [4.78, 5) is 34.3. The van der Waals surface area contributed by atoms with E-state index >= 15 is 0 Å². The van der Waals surface area contributed by atoms with Gasteiger partial charge in [0, 0.05) is 49.6 Å². The normalized spacial score (nSPS) is 13.4. The van der Waals surface area contributed by atoms with E-state index in [-0.39, 0.29) is 11.8 Å². The van der Waals surface area contributed by atoms with Gasteiger partial charge in [-0.1, -0.05) is 25.2 Å². The molecule has 1 aliphatic rings. The van der Waals surface area contributed by atoms with Crippen molar-refractivity contribution in [2.45, 2.75) is 33.2 Å². The molecule has 1 aromatic heterocycles. The fourth-order valence-corrected chi connectivity index (χ4v) is 4.04. The minimum absolute atomic E-state index is 0.167. The van der Waals surface area contributed by atoms with E-state index in [1.54, 1.807) is 0 Å². The minimum atomic E-state index is -0.167. The largest absolute Gasteiger partial charge is 0.378 e. The van der Waals surface area contributed by atoms with Crippen molar-refractivity contribution >= 4 is 34.0 Å². The molecule has 27 heavy (non-hydrogen) atoms. The van der Waals surface area contributed by atoms with Crippen molar-refractivity contribution in [1.82, 2.24) is 9.88 Å². The van der Waals surface area contributed by atoms with Crippen LogP contribution in [0.5, 0.6) is 0 Å². The molecule has 1 N–H and O–H groups in total. The maximum atomic E-state index is 12.5. The van der Waals surface area contributed by atoms with E-state index < -0.39 is 0 Å². The number of hydrogen-bond donors (Lipinski definition) is 1. The number of nitrogens with zero attached hydrogens (tertiary/aromatic N) is 3. The van der Waals surface area contributed by atoms with Crippen molar-refractivity contribution in [2.75, 3.05) is 30.9 Å². The quantitative estimate of drug-likeness (QED) is 0.855. The average molecular weight is 387 g/mol. The van der Waals surface area contributed by atoms with Crippen molar-refractivity contribution in [2.24, 2.45) is 5.92 Å². The minimum Gasteiger partial charge on any atom is -0.378 e. The molecule has 144 valence electrons. The number of nitrogens with one attached hydrogen (secondary N) is 1. The van der Waals surface area contributed by atoms with E-state index in [4.69, 9.17) is 0 Å². The van der Waals surface area contributed by atoms with Crippen LogP contribution in [0.4, 0.5) is 10.8 Å². The molecule has 1 aliphatic heterocycles. The van der Waals surface area contributed by atoms with Crippen LogP contribution in [0, 0.1) is 5.92 Å². The Morgan fingerprint density at radius 2 is 1.96 bits per heavy atom. The van der Waals surface area contributed by atoms with Crippen LogP contribution in [0.3, 0.4) is 0 Å². The number of carbonyl (C=O) groups is 2. The van der Waals surface area contributed by atoms with E-state index in [1.807, 2.05) is 48.2 Å². The van der Waals surface area contributed by atoms with Gasteiger partial charge in [-0.25, -0.2) is 4.98 Å². The third-order valence-corrected chi connectivity index (χ3v) is 5.53. The van der Waals surface area contributed by atoms with Crippen molar-refractivity contribution in [3.05, 3.63) is 40.4 Å². The predicted octanol–water partition coefficient (Wildman–Crippen LogP) is 3.39. The molecule has 2 heterocycles. The molecule has 0 fully saturated rings. The van der Waals surface area contributed by atoms with Crippen molar-refractivity contribution in [1.29, 1.82) is 0 Å². The standard InChI is InChI=1S/C20H26N4O2S/c1-13(2)11-18(25)24-10-9-16-17(12-24)27-20(21-16)22-19(26)14-5-7-15(8-6-14)23(3)4/h5-8,13H,9-12H2,1-4H3,(H,21,22,26). The third-order valence-electron chi connectivity index (χ3n) is 4.53. The van der Waals surface area contributed by atoms with Crippen LogP contribution >= 0.6 is 11.3 Å². The lowest BCUT2D eigenvalue weighted by molar-refractivity contribution is -0.132. The van der Waals surface area contributed by atoms with Gasteiger partial charge < -0.3 is 9.80 Å². The summed E-state index contributed by atoms with van der Waals surface area (Å²) in [5.74, 6) is 0.379. The molecule has 0 radical (unpaired) electrons. The fraction of sp³-hybridized carbons (Fsp3) is 0.450. The molecule has 3 rings (SSSR count). The third kappa shape index (κ3) is 4.66. The Morgan fingerprint density at radius 3 is 2.59 bits per heavy atom. The van der Waals surface area contributed by atoms with E-state index in [2.05, 4.69) is 24.1 Å². The van der Waals surface area contributed by atoms with Gasteiger partial charge in [0.1, 0.15) is 0 Å². The first kappa shape index (κ1) is 19.4. The lowest BCUT2D eigenvalue weighted by atomic mass is 10.1. The van der Waals surface area contributed by atoms with Crippen molar-refractivity contribution in [3.8, 4) is 0 Å². The maximum Gasteiger partial charge on any atom is 0.257 e. The Labute approximate surface area is 164 Å². The Balaban J connectivity index is 1.65. The molecule has 1 aromatic carbocycles. The number of amides is 2. The van der Waals surface area contributed by atoms with Crippen LogP contribution < -0.4 is 10.2 Å². The highest BCUT2D eigenvalue weighted by Gasteiger charge is 2.25.